The maximum absolute atomic E-state index is 11.2. The molecule has 2 N–H and O–H groups in total. The van der Waals surface area contributed by atoms with Gasteiger partial charge in [0.2, 0.25) is 5.91 Å². The van der Waals surface area contributed by atoms with Crippen molar-refractivity contribution in [3.63, 3.8) is 0 Å². The van der Waals surface area contributed by atoms with Crippen molar-refractivity contribution in [3.05, 3.63) is 78.6 Å². The summed E-state index contributed by atoms with van der Waals surface area (Å²) < 4.78 is 7.97. The third kappa shape index (κ3) is 3.84. The van der Waals surface area contributed by atoms with Gasteiger partial charge < -0.3 is 10.5 Å². The minimum atomic E-state index is -0.402. The summed E-state index contributed by atoms with van der Waals surface area (Å²) in [6.45, 7) is 0.243. The number of hydrogen-bond acceptors (Lipinski definition) is 5. The second-order valence-corrected chi connectivity index (χ2v) is 7.03. The Labute approximate surface area is 166 Å². The third-order valence-electron chi connectivity index (χ3n) is 4.16. The highest BCUT2D eigenvalue weighted by Gasteiger charge is 2.16. The number of thioether (sulfide) groups is 1. The summed E-state index contributed by atoms with van der Waals surface area (Å²) in [5.74, 6) is 1.16. The molecular formula is C21H18N4O2S. The zero-order valence-corrected chi connectivity index (χ0v) is 15.8. The number of amides is 1. The largest absolute Gasteiger partial charge is 0.485 e. The van der Waals surface area contributed by atoms with Crippen LogP contribution in [0.1, 0.15) is 5.82 Å². The van der Waals surface area contributed by atoms with Crippen LogP contribution in [0.4, 0.5) is 0 Å². The topological polar surface area (TPSA) is 83.0 Å². The summed E-state index contributed by atoms with van der Waals surface area (Å²) in [5.41, 5.74) is 6.18. The fourth-order valence-electron chi connectivity index (χ4n) is 2.92. The second kappa shape index (κ2) is 8.14. The van der Waals surface area contributed by atoms with Crippen LogP contribution in [0.15, 0.2) is 78.0 Å². The minimum Gasteiger partial charge on any atom is -0.485 e. The average molecular weight is 390 g/mol. The monoisotopic (exact) mass is 390 g/mol. The van der Waals surface area contributed by atoms with Gasteiger partial charge in [-0.25, -0.2) is 0 Å². The van der Waals surface area contributed by atoms with Gasteiger partial charge in [0.15, 0.2) is 11.0 Å². The molecule has 0 unspecified atom stereocenters. The fourth-order valence-corrected chi connectivity index (χ4v) is 3.63. The Morgan fingerprint density at radius 2 is 1.71 bits per heavy atom. The number of carbonyl (C=O) groups is 1. The van der Waals surface area contributed by atoms with E-state index in [1.807, 2.05) is 77.4 Å². The van der Waals surface area contributed by atoms with Crippen molar-refractivity contribution in [2.75, 3.05) is 5.75 Å². The Morgan fingerprint density at radius 1 is 0.964 bits per heavy atom. The highest BCUT2D eigenvalue weighted by molar-refractivity contribution is 7.99. The molecule has 1 heterocycles. The van der Waals surface area contributed by atoms with Crippen molar-refractivity contribution >= 4 is 28.4 Å². The maximum atomic E-state index is 11.2. The molecule has 28 heavy (non-hydrogen) atoms. The van der Waals surface area contributed by atoms with E-state index in [-0.39, 0.29) is 12.4 Å². The molecule has 4 rings (SSSR count). The molecule has 0 saturated heterocycles. The second-order valence-electron chi connectivity index (χ2n) is 6.09. The Kier molecular flexibility index (Phi) is 5.25. The molecule has 0 aliphatic carbocycles. The van der Waals surface area contributed by atoms with Gasteiger partial charge in [0.1, 0.15) is 12.4 Å². The van der Waals surface area contributed by atoms with Gasteiger partial charge in [0, 0.05) is 11.1 Å². The molecule has 7 heteroatoms. The zero-order chi connectivity index (χ0) is 19.3. The van der Waals surface area contributed by atoms with Gasteiger partial charge in [-0.15, -0.1) is 10.2 Å². The van der Waals surface area contributed by atoms with Crippen LogP contribution in [0.5, 0.6) is 5.75 Å². The SMILES string of the molecule is NC(=O)CSc1nnc(COc2cccc3ccccc23)n1-c1ccccc1. The van der Waals surface area contributed by atoms with E-state index in [0.29, 0.717) is 11.0 Å². The average Bonchev–Trinajstić information content (AvgIpc) is 3.14. The van der Waals surface area contributed by atoms with Crippen molar-refractivity contribution in [2.45, 2.75) is 11.8 Å². The first-order valence-corrected chi connectivity index (χ1v) is 9.72. The van der Waals surface area contributed by atoms with Crippen LogP contribution in [0.2, 0.25) is 0 Å². The highest BCUT2D eigenvalue weighted by atomic mass is 32.2. The number of fused-ring (bicyclic) bond motifs is 1. The Balaban J connectivity index is 1.65. The Hall–Kier alpha value is -3.32. The summed E-state index contributed by atoms with van der Waals surface area (Å²) in [6.07, 6.45) is 0. The summed E-state index contributed by atoms with van der Waals surface area (Å²) >= 11 is 1.25. The molecule has 4 aromatic rings. The van der Waals surface area contributed by atoms with E-state index in [1.165, 1.54) is 11.8 Å². The summed E-state index contributed by atoms with van der Waals surface area (Å²) in [4.78, 5) is 11.2. The van der Waals surface area contributed by atoms with E-state index in [1.54, 1.807) is 0 Å². The normalized spacial score (nSPS) is 10.9. The van der Waals surface area contributed by atoms with Gasteiger partial charge in [0.25, 0.3) is 0 Å². The van der Waals surface area contributed by atoms with Crippen LogP contribution in [0.25, 0.3) is 16.5 Å². The third-order valence-corrected chi connectivity index (χ3v) is 5.12. The smallest absolute Gasteiger partial charge is 0.227 e. The number of benzene rings is 3. The lowest BCUT2D eigenvalue weighted by atomic mass is 10.1. The van der Waals surface area contributed by atoms with Crippen LogP contribution in [0.3, 0.4) is 0 Å². The van der Waals surface area contributed by atoms with Crippen molar-refractivity contribution in [3.8, 4) is 11.4 Å². The number of carbonyl (C=O) groups excluding carboxylic acids is 1. The zero-order valence-electron chi connectivity index (χ0n) is 15.0. The van der Waals surface area contributed by atoms with E-state index in [9.17, 15) is 4.79 Å². The first-order valence-electron chi connectivity index (χ1n) is 8.74. The van der Waals surface area contributed by atoms with Crippen LogP contribution < -0.4 is 10.5 Å². The van der Waals surface area contributed by atoms with Crippen LogP contribution >= 0.6 is 11.8 Å². The summed E-state index contributed by atoms with van der Waals surface area (Å²) in [5, 5.41) is 11.3. The molecule has 0 aliphatic rings. The van der Waals surface area contributed by atoms with E-state index in [0.717, 1.165) is 22.2 Å². The lowest BCUT2D eigenvalue weighted by molar-refractivity contribution is -0.115. The number of rotatable bonds is 7. The highest BCUT2D eigenvalue weighted by Crippen LogP contribution is 2.27. The van der Waals surface area contributed by atoms with E-state index in [2.05, 4.69) is 10.2 Å². The maximum Gasteiger partial charge on any atom is 0.227 e. The van der Waals surface area contributed by atoms with Crippen molar-refractivity contribution in [2.24, 2.45) is 5.73 Å². The van der Waals surface area contributed by atoms with Crippen molar-refractivity contribution in [1.82, 2.24) is 14.8 Å². The molecule has 0 radical (unpaired) electrons. The predicted molar refractivity (Wildman–Crippen MR) is 110 cm³/mol. The van der Waals surface area contributed by atoms with Gasteiger partial charge >= 0.3 is 0 Å². The van der Waals surface area contributed by atoms with Gasteiger partial charge in [-0.05, 0) is 23.6 Å². The summed E-state index contributed by atoms with van der Waals surface area (Å²) in [6, 6.07) is 23.7. The Bertz CT molecular complexity index is 1110. The lowest BCUT2D eigenvalue weighted by Crippen LogP contribution is -2.14. The number of nitrogens with zero attached hydrogens (tertiary/aromatic N) is 3. The molecule has 0 fully saturated rings. The number of nitrogens with two attached hydrogens (primary N) is 1. The molecule has 0 atom stereocenters. The lowest BCUT2D eigenvalue weighted by Gasteiger charge is -2.12. The van der Waals surface area contributed by atoms with Crippen molar-refractivity contribution in [1.29, 1.82) is 0 Å². The van der Waals surface area contributed by atoms with E-state index < -0.39 is 5.91 Å². The van der Waals surface area contributed by atoms with Crippen molar-refractivity contribution < 1.29 is 9.53 Å². The molecule has 0 spiro atoms. The molecule has 3 aromatic carbocycles. The molecule has 0 aliphatic heterocycles. The molecule has 0 bridgehead atoms. The molecular weight excluding hydrogens is 372 g/mol. The number of ether oxygens (including phenoxy) is 1. The number of aromatic nitrogens is 3. The van der Waals surface area contributed by atoms with E-state index >= 15 is 0 Å². The van der Waals surface area contributed by atoms with Gasteiger partial charge in [-0.3, -0.25) is 9.36 Å². The minimum absolute atomic E-state index is 0.134. The van der Waals surface area contributed by atoms with E-state index in [4.69, 9.17) is 10.5 Å². The molecule has 140 valence electrons. The molecule has 6 nitrogen and oxygen atoms in total. The number of hydrogen-bond donors (Lipinski definition) is 1. The Morgan fingerprint density at radius 3 is 2.54 bits per heavy atom. The number of primary amides is 1. The van der Waals surface area contributed by atoms with Crippen LogP contribution in [-0.2, 0) is 11.4 Å². The van der Waals surface area contributed by atoms with Crippen LogP contribution in [-0.4, -0.2) is 26.4 Å². The van der Waals surface area contributed by atoms with Gasteiger partial charge in [-0.2, -0.15) is 0 Å². The first kappa shape index (κ1) is 18.1. The van der Waals surface area contributed by atoms with Gasteiger partial charge in [0.05, 0.1) is 5.75 Å². The van der Waals surface area contributed by atoms with Gasteiger partial charge in [-0.1, -0.05) is 66.4 Å². The first-order chi connectivity index (χ1) is 13.7. The molecule has 1 aromatic heterocycles. The molecule has 0 saturated carbocycles. The molecule has 1 amide bonds. The fraction of sp³-hybridized carbons (Fsp3) is 0.0952. The van der Waals surface area contributed by atoms with Crippen LogP contribution in [0, 0.1) is 0 Å². The number of para-hydroxylation sites is 1. The summed E-state index contributed by atoms with van der Waals surface area (Å²) in [7, 11) is 0. The predicted octanol–water partition coefficient (Wildman–Crippen LogP) is 3.58. The standard InChI is InChI=1S/C21H18N4O2S/c22-19(26)14-28-21-24-23-20(25(21)16-9-2-1-3-10-16)13-27-18-12-6-8-15-7-4-5-11-17(15)18/h1-12H,13-14H2,(H2,22,26). The quantitative estimate of drug-likeness (QED) is 0.488.